The normalized spacial score (nSPS) is 19.9. The fourth-order valence-electron chi connectivity index (χ4n) is 5.37. The van der Waals surface area contributed by atoms with Gasteiger partial charge in [0.15, 0.2) is 0 Å². The lowest BCUT2D eigenvalue weighted by Gasteiger charge is -2.20. The van der Waals surface area contributed by atoms with Crippen molar-refractivity contribution in [2.24, 2.45) is 0 Å². The fraction of sp³-hybridized carbons (Fsp3) is 0.829. The summed E-state index contributed by atoms with van der Waals surface area (Å²) in [6, 6.07) is 0.589. The van der Waals surface area contributed by atoms with Gasteiger partial charge in [0.1, 0.15) is 0 Å². The van der Waals surface area contributed by atoms with Crippen LogP contribution in [0, 0.1) is 0 Å². The van der Waals surface area contributed by atoms with Crippen LogP contribution < -0.4 is 0 Å². The maximum Gasteiger partial charge on any atom is 0.0852 e. The van der Waals surface area contributed by atoms with Crippen LogP contribution in [0.25, 0.3) is 0 Å². The zero-order valence-electron chi connectivity index (χ0n) is 25.9. The minimum atomic E-state index is 0.277. The van der Waals surface area contributed by atoms with Crippen LogP contribution in [0.5, 0.6) is 0 Å². The molecule has 1 rings (SSSR count). The molecule has 3 atom stereocenters. The summed E-state index contributed by atoms with van der Waals surface area (Å²) in [5.41, 5.74) is 0. The van der Waals surface area contributed by atoms with Crippen molar-refractivity contribution in [3.8, 4) is 0 Å². The van der Waals surface area contributed by atoms with Crippen LogP contribution in [0.15, 0.2) is 37.0 Å². The maximum absolute atomic E-state index is 6.37. The number of hydrogen-bond acceptors (Lipinski definition) is 3. The zero-order chi connectivity index (χ0) is 27.5. The third kappa shape index (κ3) is 20.1. The highest BCUT2D eigenvalue weighted by Crippen LogP contribution is 2.29. The predicted octanol–water partition coefficient (Wildman–Crippen LogP) is 10.2. The lowest BCUT2D eigenvalue weighted by Crippen LogP contribution is -2.27. The molecular weight excluding hydrogens is 466 g/mol. The molecule has 3 nitrogen and oxygen atoms in total. The van der Waals surface area contributed by atoms with Crippen molar-refractivity contribution >= 4 is 0 Å². The average Bonchev–Trinajstić information content (AvgIpc) is 3.32. The Bertz CT molecular complexity index is 570. The zero-order valence-corrected chi connectivity index (χ0v) is 25.9. The van der Waals surface area contributed by atoms with Crippen molar-refractivity contribution < 1.29 is 9.47 Å². The molecular formula is C35H65NO2. The molecule has 0 unspecified atom stereocenters. The Morgan fingerprint density at radius 1 is 0.605 bits per heavy atom. The van der Waals surface area contributed by atoms with Crippen molar-refractivity contribution in [3.63, 3.8) is 0 Å². The monoisotopic (exact) mass is 532 g/mol. The van der Waals surface area contributed by atoms with Crippen LogP contribution in [0.4, 0.5) is 0 Å². The summed E-state index contributed by atoms with van der Waals surface area (Å²) < 4.78 is 12.7. The molecule has 0 aromatic carbocycles. The second-order valence-electron chi connectivity index (χ2n) is 11.7. The molecule has 0 aromatic heterocycles. The van der Waals surface area contributed by atoms with Crippen molar-refractivity contribution in [1.29, 1.82) is 0 Å². The molecule has 0 heterocycles. The van der Waals surface area contributed by atoms with E-state index in [4.69, 9.17) is 9.47 Å². The third-order valence-electron chi connectivity index (χ3n) is 7.97. The van der Waals surface area contributed by atoms with Gasteiger partial charge in [0, 0.05) is 19.3 Å². The van der Waals surface area contributed by atoms with Crippen LogP contribution in [0.1, 0.15) is 142 Å². The summed E-state index contributed by atoms with van der Waals surface area (Å²) in [6.45, 7) is 7.85. The molecule has 1 saturated carbocycles. The topological polar surface area (TPSA) is 21.7 Å². The predicted molar refractivity (Wildman–Crippen MR) is 168 cm³/mol. The second kappa shape index (κ2) is 26.3. The van der Waals surface area contributed by atoms with Gasteiger partial charge in [-0.05, 0) is 84.7 Å². The van der Waals surface area contributed by atoms with E-state index >= 15 is 0 Å². The highest BCUT2D eigenvalue weighted by atomic mass is 16.5. The third-order valence-corrected chi connectivity index (χ3v) is 7.97. The number of unbranched alkanes of at least 4 members (excludes halogenated alkanes) is 15. The van der Waals surface area contributed by atoms with E-state index in [0.29, 0.717) is 6.04 Å². The van der Waals surface area contributed by atoms with Gasteiger partial charge in [0.05, 0.1) is 12.2 Å². The highest BCUT2D eigenvalue weighted by Gasteiger charge is 2.36. The molecule has 1 fully saturated rings. The van der Waals surface area contributed by atoms with Gasteiger partial charge < -0.3 is 14.4 Å². The van der Waals surface area contributed by atoms with Crippen LogP contribution in [-0.4, -0.2) is 50.5 Å². The van der Waals surface area contributed by atoms with Crippen molar-refractivity contribution in [2.75, 3.05) is 27.3 Å². The lowest BCUT2D eigenvalue weighted by molar-refractivity contribution is -0.0578. The summed E-state index contributed by atoms with van der Waals surface area (Å²) in [5, 5.41) is 0. The first-order valence-electron chi connectivity index (χ1n) is 16.5. The van der Waals surface area contributed by atoms with Crippen LogP contribution in [0.3, 0.4) is 0 Å². The Morgan fingerprint density at radius 3 is 1.53 bits per heavy atom. The van der Waals surface area contributed by atoms with Gasteiger partial charge in [-0.2, -0.15) is 0 Å². The van der Waals surface area contributed by atoms with E-state index in [9.17, 15) is 0 Å². The summed E-state index contributed by atoms with van der Waals surface area (Å²) in [5.74, 6) is 0. The highest BCUT2D eigenvalue weighted by molar-refractivity contribution is 4.92. The van der Waals surface area contributed by atoms with E-state index in [1.165, 1.54) is 109 Å². The SMILES string of the molecule is C=CCCCCCCCCO[C@@H]1C[C@@H](N(C)C)C[C@@H]1OCCCCCCCC/C=C\C/C=C\CCCCC. The van der Waals surface area contributed by atoms with Gasteiger partial charge >= 0.3 is 0 Å². The smallest absolute Gasteiger partial charge is 0.0852 e. The Kier molecular flexibility index (Phi) is 24.3. The molecule has 0 radical (unpaired) electrons. The molecule has 1 aliphatic rings. The maximum atomic E-state index is 6.37. The van der Waals surface area contributed by atoms with Crippen LogP contribution in [-0.2, 0) is 9.47 Å². The molecule has 0 spiro atoms. The second-order valence-corrected chi connectivity index (χ2v) is 11.7. The van der Waals surface area contributed by atoms with Crippen LogP contribution >= 0.6 is 0 Å². The minimum absolute atomic E-state index is 0.277. The summed E-state index contributed by atoms with van der Waals surface area (Å²) >= 11 is 0. The molecule has 222 valence electrons. The standard InChI is InChI=1S/C35H65NO2/c1-5-7-9-11-13-15-16-17-18-19-20-21-22-24-26-28-30-38-35-32-33(36(3)4)31-34(35)37-29-27-25-23-14-12-10-8-6-2/h6,13,15,17-18,33-35H,2,5,7-12,14,16,19-32H2,1,3-4H3/b15-13-,18-17-/t33-,34-,35+/m1/s1. The minimum Gasteiger partial charge on any atom is -0.375 e. The van der Waals surface area contributed by atoms with Crippen LogP contribution in [0.2, 0.25) is 0 Å². The average molecular weight is 532 g/mol. The lowest BCUT2D eigenvalue weighted by atomic mass is 10.1. The van der Waals surface area contributed by atoms with Crippen molar-refractivity contribution in [1.82, 2.24) is 4.90 Å². The van der Waals surface area contributed by atoms with E-state index in [1.54, 1.807) is 0 Å². The number of allylic oxidation sites excluding steroid dienone is 5. The molecule has 0 aliphatic heterocycles. The van der Waals surface area contributed by atoms with E-state index in [1.807, 2.05) is 6.08 Å². The molecule has 1 aliphatic carbocycles. The first-order chi connectivity index (χ1) is 18.7. The number of ether oxygens (including phenoxy) is 2. The van der Waals surface area contributed by atoms with Gasteiger partial charge in [-0.3, -0.25) is 0 Å². The number of rotatable bonds is 27. The molecule has 3 heteroatoms. The number of nitrogens with zero attached hydrogens (tertiary/aromatic N) is 1. The van der Waals surface area contributed by atoms with Gasteiger partial charge in [0.25, 0.3) is 0 Å². The van der Waals surface area contributed by atoms with Crippen molar-refractivity contribution in [3.05, 3.63) is 37.0 Å². The molecule has 0 bridgehead atoms. The van der Waals surface area contributed by atoms with E-state index in [2.05, 4.69) is 56.8 Å². The molecule has 0 saturated heterocycles. The van der Waals surface area contributed by atoms with Gasteiger partial charge in [-0.25, -0.2) is 0 Å². The van der Waals surface area contributed by atoms with Gasteiger partial charge in [-0.1, -0.05) is 102 Å². The van der Waals surface area contributed by atoms with E-state index < -0.39 is 0 Å². The van der Waals surface area contributed by atoms with Crippen molar-refractivity contribution in [2.45, 2.75) is 160 Å². The Balaban J connectivity index is 2.02. The van der Waals surface area contributed by atoms with E-state index in [-0.39, 0.29) is 12.2 Å². The van der Waals surface area contributed by atoms with Gasteiger partial charge in [-0.15, -0.1) is 6.58 Å². The summed E-state index contributed by atoms with van der Waals surface area (Å²) in [4.78, 5) is 2.35. The molecule has 38 heavy (non-hydrogen) atoms. The summed E-state index contributed by atoms with van der Waals surface area (Å²) in [7, 11) is 4.39. The molecule has 0 amide bonds. The quantitative estimate of drug-likeness (QED) is 0.0777. The fourth-order valence-corrected chi connectivity index (χ4v) is 5.37. The number of hydrogen-bond donors (Lipinski definition) is 0. The summed E-state index contributed by atoms with van der Waals surface area (Å²) in [6.07, 6.45) is 38.6. The Morgan fingerprint density at radius 2 is 1.05 bits per heavy atom. The molecule has 0 N–H and O–H groups in total. The largest absolute Gasteiger partial charge is 0.375 e. The van der Waals surface area contributed by atoms with Gasteiger partial charge in [0.2, 0.25) is 0 Å². The first-order valence-corrected chi connectivity index (χ1v) is 16.5. The molecule has 0 aromatic rings. The Hall–Kier alpha value is -0.900. The van der Waals surface area contributed by atoms with E-state index in [0.717, 1.165) is 38.9 Å². The first kappa shape index (κ1) is 35.1. The Labute approximate surface area is 238 Å².